The first-order valence-corrected chi connectivity index (χ1v) is 7.03. The molecule has 4 heteroatoms. The Bertz CT molecular complexity index is 94.1. The van der Waals surface area contributed by atoms with Gasteiger partial charge in [0.25, 0.3) is 0 Å². The Hall–Kier alpha value is 0.560. The van der Waals surface area contributed by atoms with Crippen molar-refractivity contribution in [1.29, 1.82) is 0 Å². The van der Waals surface area contributed by atoms with Crippen LogP contribution < -0.4 is 5.32 Å². The van der Waals surface area contributed by atoms with Crippen molar-refractivity contribution in [2.45, 2.75) is 19.8 Å². The second-order valence-electron chi connectivity index (χ2n) is 2.96. The molecule has 0 aromatic carbocycles. The van der Waals surface area contributed by atoms with E-state index in [1.54, 1.807) is 0 Å². The number of halogens is 1. The molecule has 0 atom stereocenters. The molecule has 14 heavy (non-hydrogen) atoms. The standard InChI is InChI=1S/C10H22ClNOS/c1-2-14-10-4-7-12-6-3-8-13-9-5-11/h12H,2-10H2,1H3. The van der Waals surface area contributed by atoms with Crippen LogP contribution in [0.3, 0.4) is 0 Å². The summed E-state index contributed by atoms with van der Waals surface area (Å²) in [5.41, 5.74) is 0. The molecule has 0 aliphatic rings. The maximum absolute atomic E-state index is 5.47. The van der Waals surface area contributed by atoms with Crippen molar-refractivity contribution in [2.75, 3.05) is 43.7 Å². The molecule has 0 saturated heterocycles. The Balaban J connectivity index is 2.78. The quantitative estimate of drug-likeness (QED) is 0.442. The van der Waals surface area contributed by atoms with Crippen molar-refractivity contribution in [3.05, 3.63) is 0 Å². The van der Waals surface area contributed by atoms with E-state index in [4.69, 9.17) is 16.3 Å². The summed E-state index contributed by atoms with van der Waals surface area (Å²) in [5.74, 6) is 3.10. The van der Waals surface area contributed by atoms with E-state index in [1.165, 1.54) is 17.9 Å². The molecule has 0 aromatic rings. The zero-order valence-corrected chi connectivity index (χ0v) is 10.6. The van der Waals surface area contributed by atoms with Crippen LogP contribution in [0.5, 0.6) is 0 Å². The van der Waals surface area contributed by atoms with Crippen LogP contribution >= 0.6 is 23.4 Å². The SMILES string of the molecule is CCSCCCNCCCOCCCl. The average molecular weight is 240 g/mol. The molecule has 0 spiro atoms. The van der Waals surface area contributed by atoms with Crippen molar-refractivity contribution in [3.63, 3.8) is 0 Å². The molecule has 0 aromatic heterocycles. The fourth-order valence-electron chi connectivity index (χ4n) is 1.02. The van der Waals surface area contributed by atoms with Gasteiger partial charge in [-0.1, -0.05) is 6.92 Å². The monoisotopic (exact) mass is 239 g/mol. The van der Waals surface area contributed by atoms with Crippen molar-refractivity contribution < 1.29 is 4.74 Å². The highest BCUT2D eigenvalue weighted by atomic mass is 35.5. The Kier molecular flexibility index (Phi) is 14.1. The zero-order valence-electron chi connectivity index (χ0n) is 9.06. The minimum atomic E-state index is 0.599. The summed E-state index contributed by atoms with van der Waals surface area (Å²) in [5, 5.41) is 3.39. The molecule has 0 saturated carbocycles. The van der Waals surface area contributed by atoms with Crippen LogP contribution in [0.2, 0.25) is 0 Å². The van der Waals surface area contributed by atoms with Gasteiger partial charge >= 0.3 is 0 Å². The molecule has 0 unspecified atom stereocenters. The lowest BCUT2D eigenvalue weighted by atomic mass is 10.4. The number of hydrogen-bond donors (Lipinski definition) is 1. The maximum atomic E-state index is 5.47. The van der Waals surface area contributed by atoms with E-state index in [-0.39, 0.29) is 0 Å². The van der Waals surface area contributed by atoms with Crippen LogP contribution in [0.1, 0.15) is 19.8 Å². The van der Waals surface area contributed by atoms with Crippen molar-refractivity contribution >= 4 is 23.4 Å². The highest BCUT2D eigenvalue weighted by Gasteiger charge is 1.90. The molecule has 0 aliphatic heterocycles. The number of ether oxygens (including phenoxy) is 1. The van der Waals surface area contributed by atoms with E-state index < -0.39 is 0 Å². The molecule has 0 amide bonds. The lowest BCUT2D eigenvalue weighted by Gasteiger charge is -2.04. The van der Waals surface area contributed by atoms with Crippen LogP contribution in [0.25, 0.3) is 0 Å². The van der Waals surface area contributed by atoms with Gasteiger partial charge in [-0.2, -0.15) is 11.8 Å². The van der Waals surface area contributed by atoms with Gasteiger partial charge in [-0.3, -0.25) is 0 Å². The van der Waals surface area contributed by atoms with Gasteiger partial charge in [0.15, 0.2) is 0 Å². The Labute approximate surface area is 97.1 Å². The van der Waals surface area contributed by atoms with Crippen molar-refractivity contribution in [2.24, 2.45) is 0 Å². The van der Waals surface area contributed by atoms with Crippen LogP contribution in [-0.2, 0) is 4.74 Å². The van der Waals surface area contributed by atoms with Gasteiger partial charge in [-0.25, -0.2) is 0 Å². The maximum Gasteiger partial charge on any atom is 0.0601 e. The normalized spacial score (nSPS) is 10.7. The molecule has 0 aliphatic carbocycles. The predicted octanol–water partition coefficient (Wildman–Crippen LogP) is 2.36. The van der Waals surface area contributed by atoms with Crippen molar-refractivity contribution in [3.8, 4) is 0 Å². The third-order valence-electron chi connectivity index (χ3n) is 1.71. The van der Waals surface area contributed by atoms with Gasteiger partial charge in [0.2, 0.25) is 0 Å². The minimum absolute atomic E-state index is 0.599. The Morgan fingerprint density at radius 2 is 2.00 bits per heavy atom. The predicted molar refractivity (Wildman–Crippen MR) is 66.6 cm³/mol. The highest BCUT2D eigenvalue weighted by Crippen LogP contribution is 1.99. The smallest absolute Gasteiger partial charge is 0.0601 e. The first-order chi connectivity index (χ1) is 6.91. The molecule has 0 radical (unpaired) electrons. The molecule has 86 valence electrons. The van der Waals surface area contributed by atoms with Gasteiger partial charge in [0.1, 0.15) is 0 Å². The van der Waals surface area contributed by atoms with E-state index in [1.807, 2.05) is 11.8 Å². The van der Waals surface area contributed by atoms with Crippen LogP contribution in [0.15, 0.2) is 0 Å². The van der Waals surface area contributed by atoms with E-state index >= 15 is 0 Å². The summed E-state index contributed by atoms with van der Waals surface area (Å²) in [4.78, 5) is 0. The molecular formula is C10H22ClNOS. The molecule has 0 rings (SSSR count). The molecule has 0 fully saturated rings. The third kappa shape index (κ3) is 12.6. The second-order valence-corrected chi connectivity index (χ2v) is 4.73. The van der Waals surface area contributed by atoms with Gasteiger partial charge in [0.05, 0.1) is 6.61 Å². The van der Waals surface area contributed by atoms with E-state index in [9.17, 15) is 0 Å². The van der Waals surface area contributed by atoms with Gasteiger partial charge in [-0.05, 0) is 37.4 Å². The second kappa shape index (κ2) is 13.6. The zero-order chi connectivity index (χ0) is 10.5. The topological polar surface area (TPSA) is 21.3 Å². The minimum Gasteiger partial charge on any atom is -0.380 e. The molecule has 2 nitrogen and oxygen atoms in total. The largest absolute Gasteiger partial charge is 0.380 e. The summed E-state index contributed by atoms with van der Waals surface area (Å²) in [6.45, 7) is 5.88. The Morgan fingerprint density at radius 3 is 2.71 bits per heavy atom. The molecule has 0 bridgehead atoms. The summed E-state index contributed by atoms with van der Waals surface area (Å²) >= 11 is 7.47. The molecular weight excluding hydrogens is 218 g/mol. The number of rotatable bonds is 11. The van der Waals surface area contributed by atoms with Crippen molar-refractivity contribution in [1.82, 2.24) is 5.32 Å². The van der Waals surface area contributed by atoms with Crippen LogP contribution in [0, 0.1) is 0 Å². The van der Waals surface area contributed by atoms with Gasteiger partial charge < -0.3 is 10.1 Å². The fourth-order valence-corrected chi connectivity index (χ4v) is 1.77. The summed E-state index contributed by atoms with van der Waals surface area (Å²) in [6.07, 6.45) is 2.35. The van der Waals surface area contributed by atoms with E-state index in [0.29, 0.717) is 12.5 Å². The first kappa shape index (κ1) is 14.6. The van der Waals surface area contributed by atoms with E-state index in [0.717, 1.165) is 26.1 Å². The lowest BCUT2D eigenvalue weighted by molar-refractivity contribution is 0.146. The Morgan fingerprint density at radius 1 is 1.21 bits per heavy atom. The number of alkyl halides is 1. The van der Waals surface area contributed by atoms with Gasteiger partial charge in [-0.15, -0.1) is 11.6 Å². The highest BCUT2D eigenvalue weighted by molar-refractivity contribution is 7.99. The average Bonchev–Trinajstić information content (AvgIpc) is 2.21. The summed E-state index contributed by atoms with van der Waals surface area (Å²) < 4.78 is 5.25. The fraction of sp³-hybridized carbons (Fsp3) is 1.00. The van der Waals surface area contributed by atoms with Crippen LogP contribution in [0.4, 0.5) is 0 Å². The molecule has 1 N–H and O–H groups in total. The third-order valence-corrected chi connectivity index (χ3v) is 2.85. The van der Waals surface area contributed by atoms with Crippen LogP contribution in [-0.4, -0.2) is 43.7 Å². The van der Waals surface area contributed by atoms with E-state index in [2.05, 4.69) is 12.2 Å². The lowest BCUT2D eigenvalue weighted by Crippen LogP contribution is -2.18. The number of nitrogens with one attached hydrogen (secondary N) is 1. The molecule has 0 heterocycles. The summed E-state index contributed by atoms with van der Waals surface area (Å²) in [7, 11) is 0. The number of thioether (sulfide) groups is 1. The number of hydrogen-bond acceptors (Lipinski definition) is 3. The van der Waals surface area contributed by atoms with Gasteiger partial charge in [0, 0.05) is 12.5 Å². The first-order valence-electron chi connectivity index (χ1n) is 5.34. The summed E-state index contributed by atoms with van der Waals surface area (Å²) in [6, 6.07) is 0.